The molecule has 4 nitrogen and oxygen atoms in total. The lowest BCUT2D eigenvalue weighted by atomic mass is 9.63. The van der Waals surface area contributed by atoms with E-state index in [1.54, 1.807) is 0 Å². The van der Waals surface area contributed by atoms with E-state index in [1.165, 1.54) is 48.5 Å². The first-order valence-corrected chi connectivity index (χ1v) is 8.42. The van der Waals surface area contributed by atoms with Gasteiger partial charge in [-0.1, -0.05) is 0 Å². The van der Waals surface area contributed by atoms with Crippen LogP contribution in [0.1, 0.15) is 46.4 Å². The first kappa shape index (κ1) is 18.4. The Labute approximate surface area is 150 Å². The largest absolute Gasteiger partial charge is 0.313 e. The van der Waals surface area contributed by atoms with Crippen molar-refractivity contribution >= 4 is 11.6 Å². The Bertz CT molecular complexity index is 760. The molecule has 0 unspecified atom stereocenters. The Morgan fingerprint density at radius 3 is 1.38 bits per heavy atom. The first-order valence-electron chi connectivity index (χ1n) is 8.42. The molecule has 0 spiro atoms. The molecule has 1 fully saturated rings. The van der Waals surface area contributed by atoms with Crippen molar-refractivity contribution < 1.29 is 18.4 Å². The standard InChI is InChI=1S/C20H20F2N2O2/c21-15-5-1-13(2-6-15)17(25)19(9-11-20(23,24)12-10-19)18(26)14-3-7-16(22)8-4-14/h1-8H,9-12,23-24H2. The summed E-state index contributed by atoms with van der Waals surface area (Å²) < 4.78 is 26.4. The lowest BCUT2D eigenvalue weighted by Crippen LogP contribution is -2.56. The highest BCUT2D eigenvalue weighted by molar-refractivity contribution is 6.19. The predicted octanol–water partition coefficient (Wildman–Crippen LogP) is 3.20. The lowest BCUT2D eigenvalue weighted by molar-refractivity contribution is 0.0537. The van der Waals surface area contributed by atoms with Crippen LogP contribution in [0.25, 0.3) is 0 Å². The highest BCUT2D eigenvalue weighted by atomic mass is 19.1. The summed E-state index contributed by atoms with van der Waals surface area (Å²) in [5, 5.41) is 0. The van der Waals surface area contributed by atoms with Gasteiger partial charge in [0.15, 0.2) is 11.6 Å². The summed E-state index contributed by atoms with van der Waals surface area (Å²) >= 11 is 0. The van der Waals surface area contributed by atoms with Crippen molar-refractivity contribution in [3.8, 4) is 0 Å². The highest BCUT2D eigenvalue weighted by Crippen LogP contribution is 2.43. The molecular weight excluding hydrogens is 338 g/mol. The van der Waals surface area contributed by atoms with Gasteiger partial charge in [-0.3, -0.25) is 9.59 Å². The van der Waals surface area contributed by atoms with Crippen LogP contribution in [-0.4, -0.2) is 17.2 Å². The molecule has 136 valence electrons. The molecule has 0 atom stereocenters. The van der Waals surface area contributed by atoms with Crippen LogP contribution in [0.5, 0.6) is 0 Å². The van der Waals surface area contributed by atoms with Crippen LogP contribution < -0.4 is 11.5 Å². The van der Waals surface area contributed by atoms with Gasteiger partial charge in [0.25, 0.3) is 0 Å². The minimum Gasteiger partial charge on any atom is -0.313 e. The fourth-order valence-corrected chi connectivity index (χ4v) is 3.45. The molecule has 0 saturated heterocycles. The van der Waals surface area contributed by atoms with E-state index in [9.17, 15) is 18.4 Å². The van der Waals surface area contributed by atoms with E-state index in [2.05, 4.69) is 0 Å². The van der Waals surface area contributed by atoms with Gasteiger partial charge >= 0.3 is 0 Å². The second kappa shape index (κ2) is 6.70. The molecule has 26 heavy (non-hydrogen) atoms. The number of benzene rings is 2. The molecule has 0 heterocycles. The number of hydrogen-bond donors (Lipinski definition) is 2. The summed E-state index contributed by atoms with van der Waals surface area (Å²) in [5.41, 5.74) is 10.2. The summed E-state index contributed by atoms with van der Waals surface area (Å²) in [6, 6.07) is 10.2. The molecule has 3 rings (SSSR count). The van der Waals surface area contributed by atoms with Crippen LogP contribution in [0.2, 0.25) is 0 Å². The van der Waals surface area contributed by atoms with E-state index in [0.717, 1.165) is 0 Å². The third-order valence-corrected chi connectivity index (χ3v) is 5.12. The number of carbonyl (C=O) groups excluding carboxylic acids is 2. The van der Waals surface area contributed by atoms with Crippen molar-refractivity contribution in [3.63, 3.8) is 0 Å². The molecule has 6 heteroatoms. The SMILES string of the molecule is NC1(N)CCC(C(=O)c2ccc(F)cc2)(C(=O)c2ccc(F)cc2)CC1. The predicted molar refractivity (Wildman–Crippen MR) is 93.5 cm³/mol. The molecule has 1 aliphatic rings. The number of ketones is 2. The van der Waals surface area contributed by atoms with Crippen molar-refractivity contribution in [1.82, 2.24) is 0 Å². The molecule has 2 aromatic rings. The smallest absolute Gasteiger partial charge is 0.176 e. The maximum atomic E-state index is 13.2. The zero-order valence-corrected chi connectivity index (χ0v) is 14.2. The fraction of sp³-hybridized carbons (Fsp3) is 0.300. The Hall–Kier alpha value is -2.44. The molecule has 1 saturated carbocycles. The topological polar surface area (TPSA) is 86.2 Å². The maximum absolute atomic E-state index is 13.2. The van der Waals surface area contributed by atoms with Gasteiger partial charge in [0, 0.05) is 11.1 Å². The number of rotatable bonds is 4. The van der Waals surface area contributed by atoms with Crippen LogP contribution in [-0.2, 0) is 0 Å². The summed E-state index contributed by atoms with van der Waals surface area (Å²) in [5.74, 6) is -1.70. The first-order chi connectivity index (χ1) is 12.2. The zero-order valence-electron chi connectivity index (χ0n) is 14.2. The summed E-state index contributed by atoms with van der Waals surface area (Å²) in [7, 11) is 0. The van der Waals surface area contributed by atoms with Gasteiger partial charge in [-0.05, 0) is 74.2 Å². The van der Waals surface area contributed by atoms with E-state index in [1.807, 2.05) is 0 Å². The summed E-state index contributed by atoms with van der Waals surface area (Å²) in [6.07, 6.45) is 0.971. The zero-order chi connectivity index (χ0) is 18.9. The van der Waals surface area contributed by atoms with Crippen LogP contribution in [0.4, 0.5) is 8.78 Å². The van der Waals surface area contributed by atoms with Gasteiger partial charge in [-0.15, -0.1) is 0 Å². The normalized spacial score (nSPS) is 18.3. The molecule has 0 amide bonds. The average molecular weight is 358 g/mol. The molecule has 0 radical (unpaired) electrons. The summed E-state index contributed by atoms with van der Waals surface area (Å²) in [4.78, 5) is 26.5. The minimum absolute atomic E-state index is 0.187. The van der Waals surface area contributed by atoms with Crippen LogP contribution in [0.3, 0.4) is 0 Å². The van der Waals surface area contributed by atoms with Crippen molar-refractivity contribution in [3.05, 3.63) is 71.3 Å². The van der Waals surface area contributed by atoms with E-state index < -0.39 is 22.7 Å². The average Bonchev–Trinajstić information content (AvgIpc) is 2.62. The molecule has 0 aliphatic heterocycles. The van der Waals surface area contributed by atoms with Gasteiger partial charge < -0.3 is 11.5 Å². The molecular formula is C20H20F2N2O2. The molecule has 1 aliphatic carbocycles. The van der Waals surface area contributed by atoms with Gasteiger partial charge in [0.05, 0.1) is 11.1 Å². The van der Waals surface area contributed by atoms with E-state index in [0.29, 0.717) is 12.8 Å². The van der Waals surface area contributed by atoms with Crippen LogP contribution in [0.15, 0.2) is 48.5 Å². The third kappa shape index (κ3) is 3.43. The van der Waals surface area contributed by atoms with Crippen molar-refractivity contribution in [1.29, 1.82) is 0 Å². The molecule has 0 aromatic heterocycles. The summed E-state index contributed by atoms with van der Waals surface area (Å²) in [6.45, 7) is 0. The lowest BCUT2D eigenvalue weighted by Gasteiger charge is -2.41. The van der Waals surface area contributed by atoms with E-state index in [-0.39, 0.29) is 35.5 Å². The Morgan fingerprint density at radius 1 is 0.692 bits per heavy atom. The number of carbonyl (C=O) groups is 2. The molecule has 0 bridgehead atoms. The number of nitrogens with two attached hydrogens (primary N) is 2. The number of hydrogen-bond acceptors (Lipinski definition) is 4. The van der Waals surface area contributed by atoms with Gasteiger partial charge in [-0.2, -0.15) is 0 Å². The Balaban J connectivity index is 2.02. The highest BCUT2D eigenvalue weighted by Gasteiger charge is 2.50. The van der Waals surface area contributed by atoms with Crippen LogP contribution >= 0.6 is 0 Å². The second-order valence-electron chi connectivity index (χ2n) is 6.99. The van der Waals surface area contributed by atoms with Gasteiger partial charge in [-0.25, -0.2) is 8.78 Å². The van der Waals surface area contributed by atoms with Gasteiger partial charge in [0.2, 0.25) is 0 Å². The Kier molecular flexibility index (Phi) is 4.73. The van der Waals surface area contributed by atoms with Crippen LogP contribution in [0, 0.1) is 17.0 Å². The second-order valence-corrected chi connectivity index (χ2v) is 6.99. The molecule has 4 N–H and O–H groups in total. The van der Waals surface area contributed by atoms with Crippen molar-refractivity contribution in [2.24, 2.45) is 16.9 Å². The monoisotopic (exact) mass is 358 g/mol. The quantitative estimate of drug-likeness (QED) is 0.499. The number of halogens is 2. The maximum Gasteiger partial charge on any atom is 0.176 e. The van der Waals surface area contributed by atoms with Crippen molar-refractivity contribution in [2.45, 2.75) is 31.3 Å². The fourth-order valence-electron chi connectivity index (χ4n) is 3.45. The minimum atomic E-state index is -1.34. The third-order valence-electron chi connectivity index (χ3n) is 5.12. The van der Waals surface area contributed by atoms with Crippen molar-refractivity contribution in [2.75, 3.05) is 0 Å². The van der Waals surface area contributed by atoms with Gasteiger partial charge in [0.1, 0.15) is 11.6 Å². The molecule has 2 aromatic carbocycles. The number of Topliss-reactive ketones (excluding diaryl/α,β-unsaturated/α-hetero) is 2. The van der Waals surface area contributed by atoms with E-state index in [4.69, 9.17) is 11.5 Å². The van der Waals surface area contributed by atoms with E-state index >= 15 is 0 Å². The Morgan fingerprint density at radius 2 is 1.04 bits per heavy atom.